The van der Waals surface area contributed by atoms with Crippen LogP contribution in [-0.2, 0) is 6.54 Å². The number of anilines is 1. The van der Waals surface area contributed by atoms with Gasteiger partial charge in [0.15, 0.2) is 0 Å². The Hall–Kier alpha value is -4.58. The minimum absolute atomic E-state index is 0.0311. The van der Waals surface area contributed by atoms with Gasteiger partial charge in [-0.05, 0) is 41.5 Å². The van der Waals surface area contributed by atoms with Crippen LogP contribution >= 0.6 is 0 Å². The molecule has 0 saturated heterocycles. The zero-order chi connectivity index (χ0) is 24.8. The van der Waals surface area contributed by atoms with Crippen molar-refractivity contribution in [2.24, 2.45) is 0 Å². The van der Waals surface area contributed by atoms with E-state index < -0.39 is 5.63 Å². The predicted octanol–water partition coefficient (Wildman–Crippen LogP) is 5.61. The molecule has 0 bridgehead atoms. The van der Waals surface area contributed by atoms with Crippen molar-refractivity contribution >= 4 is 38.3 Å². The lowest BCUT2D eigenvalue weighted by atomic mass is 9.90. The second-order valence-corrected chi connectivity index (χ2v) is 9.32. The summed E-state index contributed by atoms with van der Waals surface area (Å²) in [6.07, 6.45) is 3.97. The summed E-state index contributed by atoms with van der Waals surface area (Å²) >= 11 is 0. The molecule has 1 atom stereocenters. The van der Waals surface area contributed by atoms with Crippen molar-refractivity contribution in [3.8, 4) is 0 Å². The number of aromatic amines is 1. The summed E-state index contributed by atoms with van der Waals surface area (Å²) in [6.45, 7) is 0.504. The van der Waals surface area contributed by atoms with Crippen LogP contribution in [0.15, 0.2) is 100 Å². The van der Waals surface area contributed by atoms with Gasteiger partial charge in [0, 0.05) is 66.3 Å². The summed E-state index contributed by atoms with van der Waals surface area (Å²) in [5, 5.41) is 12.0. The molecule has 0 aliphatic carbocycles. The highest BCUT2D eigenvalue weighted by molar-refractivity contribution is 6.03. The van der Waals surface area contributed by atoms with Gasteiger partial charge in [-0.25, -0.2) is 4.79 Å². The van der Waals surface area contributed by atoms with E-state index in [1.54, 1.807) is 6.07 Å². The van der Waals surface area contributed by atoms with Gasteiger partial charge in [-0.2, -0.15) is 0 Å². The Morgan fingerprint density at radius 1 is 0.917 bits per heavy atom. The van der Waals surface area contributed by atoms with Gasteiger partial charge >= 0.3 is 5.63 Å². The quantitative estimate of drug-likeness (QED) is 0.252. The first-order valence-corrected chi connectivity index (χ1v) is 11.9. The lowest BCUT2D eigenvalue weighted by Gasteiger charge is -2.21. The van der Waals surface area contributed by atoms with Gasteiger partial charge in [0.25, 0.3) is 0 Å². The molecule has 3 aromatic carbocycles. The highest BCUT2D eigenvalue weighted by atomic mass is 16.4. The van der Waals surface area contributed by atoms with E-state index in [1.165, 1.54) is 0 Å². The van der Waals surface area contributed by atoms with E-state index in [2.05, 4.69) is 52.5 Å². The van der Waals surface area contributed by atoms with Gasteiger partial charge in [-0.15, -0.1) is 0 Å². The van der Waals surface area contributed by atoms with Gasteiger partial charge < -0.3 is 18.9 Å². The fourth-order valence-electron chi connectivity index (χ4n) is 5.07. The van der Waals surface area contributed by atoms with Crippen molar-refractivity contribution in [1.29, 1.82) is 5.41 Å². The Labute approximate surface area is 207 Å². The Kier molecular flexibility index (Phi) is 5.22. The molecule has 0 aliphatic rings. The summed E-state index contributed by atoms with van der Waals surface area (Å²) in [7, 11) is 4.05. The highest BCUT2D eigenvalue weighted by Gasteiger charge is 2.20. The van der Waals surface area contributed by atoms with E-state index in [9.17, 15) is 4.79 Å². The molecule has 0 aliphatic heterocycles. The average molecular weight is 475 g/mol. The highest BCUT2D eigenvalue weighted by Crippen LogP contribution is 2.33. The number of H-pyrrole nitrogens is 1. The number of hydrogen-bond acceptors (Lipinski definition) is 4. The SMILES string of the molecule is CN(C)c1ccc(C(Cn2ccc3c(c(=O)oc4ccccc43)c2=N)c2c[nH]c3ccccc23)cc1. The zero-order valence-corrected chi connectivity index (χ0v) is 20.2. The number of pyridine rings is 1. The van der Waals surface area contributed by atoms with Gasteiger partial charge in [-0.1, -0.05) is 48.5 Å². The van der Waals surface area contributed by atoms with E-state index in [-0.39, 0.29) is 11.4 Å². The number of nitrogens with zero attached hydrogens (tertiary/aromatic N) is 2. The Morgan fingerprint density at radius 3 is 2.42 bits per heavy atom. The lowest BCUT2D eigenvalue weighted by Crippen LogP contribution is -2.27. The van der Waals surface area contributed by atoms with E-state index in [0.717, 1.165) is 38.5 Å². The molecule has 178 valence electrons. The first kappa shape index (κ1) is 21.9. The van der Waals surface area contributed by atoms with Crippen molar-refractivity contribution in [2.75, 3.05) is 19.0 Å². The minimum atomic E-state index is -0.484. The molecule has 0 radical (unpaired) electrons. The average Bonchev–Trinajstić information content (AvgIpc) is 3.32. The van der Waals surface area contributed by atoms with Gasteiger partial charge in [-0.3, -0.25) is 5.41 Å². The zero-order valence-electron chi connectivity index (χ0n) is 20.2. The molecule has 0 amide bonds. The minimum Gasteiger partial charge on any atom is -0.422 e. The summed E-state index contributed by atoms with van der Waals surface area (Å²) in [5.41, 5.74) is 4.70. The number of rotatable bonds is 5. The smallest absolute Gasteiger partial charge is 0.347 e. The van der Waals surface area contributed by atoms with Crippen LogP contribution in [0.1, 0.15) is 17.0 Å². The fraction of sp³-hybridized carbons (Fsp3) is 0.133. The standard InChI is InChI=1S/C30H26N4O2/c1-33(2)20-13-11-19(12-14-20)25(24-17-32-26-9-5-3-7-21(24)26)18-34-16-15-23-22-8-4-6-10-27(22)36-30(35)28(23)29(34)31/h3-17,25,31-32H,18H2,1-2H3. The Morgan fingerprint density at radius 2 is 1.64 bits per heavy atom. The number of nitrogens with one attached hydrogen (secondary N) is 2. The number of benzene rings is 3. The lowest BCUT2D eigenvalue weighted by molar-refractivity contribution is 0.562. The van der Waals surface area contributed by atoms with E-state index in [4.69, 9.17) is 9.83 Å². The van der Waals surface area contributed by atoms with Crippen molar-refractivity contribution in [2.45, 2.75) is 12.5 Å². The van der Waals surface area contributed by atoms with Crippen LogP contribution < -0.4 is 16.0 Å². The van der Waals surface area contributed by atoms with Crippen LogP contribution in [-0.4, -0.2) is 23.6 Å². The molecule has 1 unspecified atom stereocenters. The number of para-hydroxylation sites is 2. The Bertz CT molecular complexity index is 1840. The molecule has 3 heterocycles. The van der Waals surface area contributed by atoms with Gasteiger partial charge in [0.2, 0.25) is 0 Å². The second kappa shape index (κ2) is 8.57. The van der Waals surface area contributed by atoms with Gasteiger partial charge in [0.05, 0.1) is 0 Å². The maximum Gasteiger partial charge on any atom is 0.347 e. The number of fused-ring (bicyclic) bond motifs is 4. The molecule has 6 heteroatoms. The third-order valence-electron chi connectivity index (χ3n) is 6.99. The summed E-state index contributed by atoms with van der Waals surface area (Å²) in [4.78, 5) is 18.4. The summed E-state index contributed by atoms with van der Waals surface area (Å²) < 4.78 is 7.41. The normalized spacial score (nSPS) is 12.4. The van der Waals surface area contributed by atoms with Crippen molar-refractivity contribution < 1.29 is 4.42 Å². The third kappa shape index (κ3) is 3.58. The van der Waals surface area contributed by atoms with E-state index in [1.807, 2.05) is 61.3 Å². The van der Waals surface area contributed by atoms with Crippen LogP contribution in [0.2, 0.25) is 0 Å². The van der Waals surface area contributed by atoms with Crippen molar-refractivity contribution in [3.63, 3.8) is 0 Å². The summed E-state index contributed by atoms with van der Waals surface area (Å²) in [5.74, 6) is -0.0311. The predicted molar refractivity (Wildman–Crippen MR) is 145 cm³/mol. The molecule has 6 nitrogen and oxygen atoms in total. The molecular weight excluding hydrogens is 448 g/mol. The molecule has 3 aromatic heterocycles. The largest absolute Gasteiger partial charge is 0.422 e. The van der Waals surface area contributed by atoms with E-state index >= 15 is 0 Å². The number of hydrogen-bond donors (Lipinski definition) is 2. The van der Waals surface area contributed by atoms with Crippen LogP contribution in [0.5, 0.6) is 0 Å². The van der Waals surface area contributed by atoms with Crippen molar-refractivity contribution in [3.05, 3.63) is 118 Å². The number of aromatic nitrogens is 2. The molecule has 6 rings (SSSR count). The van der Waals surface area contributed by atoms with Gasteiger partial charge in [0.1, 0.15) is 16.5 Å². The van der Waals surface area contributed by atoms with Crippen LogP contribution in [0.4, 0.5) is 5.69 Å². The fourth-order valence-corrected chi connectivity index (χ4v) is 5.07. The molecule has 0 fully saturated rings. The molecule has 36 heavy (non-hydrogen) atoms. The second-order valence-electron chi connectivity index (χ2n) is 9.32. The van der Waals surface area contributed by atoms with Crippen LogP contribution in [0.25, 0.3) is 32.6 Å². The third-order valence-corrected chi connectivity index (χ3v) is 6.99. The maximum absolute atomic E-state index is 12.9. The van der Waals surface area contributed by atoms with E-state index in [0.29, 0.717) is 17.5 Å². The Balaban J connectivity index is 1.52. The summed E-state index contributed by atoms with van der Waals surface area (Å²) in [6, 6.07) is 26.2. The van der Waals surface area contributed by atoms with Crippen molar-refractivity contribution in [1.82, 2.24) is 9.55 Å². The molecule has 6 aromatic rings. The molecular formula is C30H26N4O2. The molecule has 0 spiro atoms. The first-order valence-electron chi connectivity index (χ1n) is 11.9. The monoisotopic (exact) mass is 474 g/mol. The van der Waals surface area contributed by atoms with Crippen LogP contribution in [0.3, 0.4) is 0 Å². The first-order chi connectivity index (χ1) is 17.5. The van der Waals surface area contributed by atoms with Crippen LogP contribution in [0, 0.1) is 5.41 Å². The topological polar surface area (TPSA) is 78.0 Å². The molecule has 2 N–H and O–H groups in total. The maximum atomic E-state index is 12.9. The molecule has 0 saturated carbocycles.